The summed E-state index contributed by atoms with van der Waals surface area (Å²) in [5, 5.41) is 8.64. The molecule has 0 atom stereocenters. The number of carboxylic acids is 1. The van der Waals surface area contributed by atoms with Crippen LogP contribution in [0.25, 0.3) is 0 Å². The van der Waals surface area contributed by atoms with Gasteiger partial charge in [0.2, 0.25) is 0 Å². The first-order chi connectivity index (χ1) is 9.95. The number of carbonyl (C=O) groups is 1. The zero-order valence-electron chi connectivity index (χ0n) is 14.0. The maximum Gasteiger partial charge on any atom is 0.328 e. The number of carboxylic acid groups (broad SMARTS) is 1. The fraction of sp³-hybridized carbons (Fsp3) is 0.526. The molecule has 0 aromatic rings. The average molecular weight is 290 g/mol. The monoisotopic (exact) mass is 290 g/mol. The summed E-state index contributed by atoms with van der Waals surface area (Å²) in [6.07, 6.45) is 16.3. The van der Waals surface area contributed by atoms with Gasteiger partial charge in [0, 0.05) is 6.08 Å². The summed E-state index contributed by atoms with van der Waals surface area (Å²) in [7, 11) is 0. The second kappa shape index (κ2) is 12.2. The molecule has 1 N–H and O–H groups in total. The molecule has 0 rings (SSSR count). The van der Waals surface area contributed by atoms with Crippen LogP contribution in [0.4, 0.5) is 0 Å². The lowest BCUT2D eigenvalue weighted by molar-refractivity contribution is -0.131. The van der Waals surface area contributed by atoms with E-state index in [0.29, 0.717) is 0 Å². The van der Waals surface area contributed by atoms with E-state index in [9.17, 15) is 4.79 Å². The Morgan fingerprint density at radius 2 is 1.33 bits per heavy atom. The third kappa shape index (κ3) is 13.2. The Morgan fingerprint density at radius 3 is 1.81 bits per heavy atom. The summed E-state index contributed by atoms with van der Waals surface area (Å²) < 4.78 is 0. The molecule has 0 aliphatic heterocycles. The summed E-state index contributed by atoms with van der Waals surface area (Å²) >= 11 is 0. The van der Waals surface area contributed by atoms with Crippen molar-refractivity contribution in [3.8, 4) is 0 Å². The van der Waals surface area contributed by atoms with Crippen LogP contribution in [0.2, 0.25) is 0 Å². The minimum Gasteiger partial charge on any atom is -0.478 e. The van der Waals surface area contributed by atoms with Gasteiger partial charge < -0.3 is 5.11 Å². The largest absolute Gasteiger partial charge is 0.478 e. The average Bonchev–Trinajstić information content (AvgIpc) is 2.38. The fourth-order valence-electron chi connectivity index (χ4n) is 2.06. The van der Waals surface area contributed by atoms with Gasteiger partial charge in [-0.2, -0.15) is 0 Å². The Bertz CT molecular complexity index is 423. The van der Waals surface area contributed by atoms with Crippen LogP contribution in [0.3, 0.4) is 0 Å². The van der Waals surface area contributed by atoms with Crippen LogP contribution in [0.1, 0.15) is 66.2 Å². The van der Waals surface area contributed by atoms with E-state index in [2.05, 4.69) is 45.1 Å². The standard InChI is InChI=1S/C19H30O2/c1-5-6-7-10-16(2)11-8-12-17(3)13-9-14-18(4)15-19(20)21/h5-6,11,13,15H,7-10,12,14H2,1-4H3,(H,20,21)/b6-5+,16-11+,17-13+,18-15+. The first-order valence-electron chi connectivity index (χ1n) is 7.78. The predicted molar refractivity (Wildman–Crippen MR) is 91.4 cm³/mol. The van der Waals surface area contributed by atoms with Crippen molar-refractivity contribution in [1.29, 1.82) is 0 Å². The molecule has 0 aromatic carbocycles. The van der Waals surface area contributed by atoms with Crippen molar-refractivity contribution in [2.45, 2.75) is 66.2 Å². The maximum absolute atomic E-state index is 10.5. The molecule has 0 aliphatic rings. The van der Waals surface area contributed by atoms with E-state index >= 15 is 0 Å². The van der Waals surface area contributed by atoms with E-state index in [1.165, 1.54) is 17.2 Å². The molecular weight excluding hydrogens is 260 g/mol. The third-order valence-corrected chi connectivity index (χ3v) is 3.37. The number of aliphatic carboxylic acids is 1. The highest BCUT2D eigenvalue weighted by Gasteiger charge is 1.95. The highest BCUT2D eigenvalue weighted by atomic mass is 16.4. The van der Waals surface area contributed by atoms with E-state index in [-0.39, 0.29) is 0 Å². The first-order valence-corrected chi connectivity index (χ1v) is 7.78. The lowest BCUT2D eigenvalue weighted by Gasteiger charge is -2.02. The molecule has 0 radical (unpaired) electrons. The van der Waals surface area contributed by atoms with Gasteiger partial charge in [0.05, 0.1) is 0 Å². The molecular formula is C19H30O2. The minimum absolute atomic E-state index is 0.821. The van der Waals surface area contributed by atoms with Crippen LogP contribution in [-0.2, 0) is 4.79 Å². The van der Waals surface area contributed by atoms with Crippen LogP contribution in [-0.4, -0.2) is 11.1 Å². The van der Waals surface area contributed by atoms with Gasteiger partial charge in [0.15, 0.2) is 0 Å². The number of allylic oxidation sites excluding steroid dienone is 7. The molecule has 0 amide bonds. The van der Waals surface area contributed by atoms with Crippen molar-refractivity contribution in [2.24, 2.45) is 0 Å². The van der Waals surface area contributed by atoms with Crippen molar-refractivity contribution < 1.29 is 9.90 Å². The summed E-state index contributed by atoms with van der Waals surface area (Å²) in [4.78, 5) is 10.5. The second-order valence-corrected chi connectivity index (χ2v) is 5.61. The van der Waals surface area contributed by atoms with Crippen LogP contribution in [0.15, 0.2) is 47.1 Å². The normalized spacial score (nSPS) is 14.0. The molecule has 0 unspecified atom stereocenters. The molecule has 0 aromatic heterocycles. The van der Waals surface area contributed by atoms with Crippen molar-refractivity contribution in [3.63, 3.8) is 0 Å². The Morgan fingerprint density at radius 1 is 0.857 bits per heavy atom. The molecule has 0 fully saturated rings. The van der Waals surface area contributed by atoms with E-state index in [1.807, 2.05) is 6.92 Å². The number of hydrogen-bond acceptors (Lipinski definition) is 1. The lowest BCUT2D eigenvalue weighted by Crippen LogP contribution is -1.89. The van der Waals surface area contributed by atoms with Gasteiger partial charge in [-0.3, -0.25) is 0 Å². The van der Waals surface area contributed by atoms with Crippen molar-refractivity contribution in [2.75, 3.05) is 0 Å². The van der Waals surface area contributed by atoms with E-state index in [1.54, 1.807) is 0 Å². The van der Waals surface area contributed by atoms with Crippen molar-refractivity contribution in [1.82, 2.24) is 0 Å². The van der Waals surface area contributed by atoms with E-state index in [4.69, 9.17) is 5.11 Å². The Balaban J connectivity index is 3.97. The SMILES string of the molecule is C/C=C/CC/C(C)=C/CC/C(C)=C/CC/C(C)=C/C(=O)O. The summed E-state index contributed by atoms with van der Waals surface area (Å²) in [5.74, 6) is -0.855. The van der Waals surface area contributed by atoms with Gasteiger partial charge in [-0.15, -0.1) is 0 Å². The smallest absolute Gasteiger partial charge is 0.328 e. The Labute approximate surface area is 130 Å². The molecule has 0 saturated carbocycles. The van der Waals surface area contributed by atoms with Crippen LogP contribution >= 0.6 is 0 Å². The lowest BCUT2D eigenvalue weighted by atomic mass is 10.0. The zero-order chi connectivity index (χ0) is 16.1. The summed E-state index contributed by atoms with van der Waals surface area (Å²) in [5.41, 5.74) is 3.77. The summed E-state index contributed by atoms with van der Waals surface area (Å²) in [6, 6.07) is 0. The van der Waals surface area contributed by atoms with Gasteiger partial charge in [0.25, 0.3) is 0 Å². The molecule has 118 valence electrons. The Kier molecular flexibility index (Phi) is 11.3. The van der Waals surface area contributed by atoms with E-state index in [0.717, 1.165) is 44.1 Å². The van der Waals surface area contributed by atoms with Crippen LogP contribution in [0.5, 0.6) is 0 Å². The van der Waals surface area contributed by atoms with Crippen molar-refractivity contribution >= 4 is 5.97 Å². The molecule has 0 aliphatic carbocycles. The fourth-order valence-corrected chi connectivity index (χ4v) is 2.06. The zero-order valence-corrected chi connectivity index (χ0v) is 14.0. The van der Waals surface area contributed by atoms with Crippen LogP contribution < -0.4 is 0 Å². The number of hydrogen-bond donors (Lipinski definition) is 1. The van der Waals surface area contributed by atoms with Gasteiger partial charge in [0.1, 0.15) is 0 Å². The molecule has 0 heterocycles. The highest BCUT2D eigenvalue weighted by Crippen LogP contribution is 2.13. The first kappa shape index (κ1) is 19.4. The second-order valence-electron chi connectivity index (χ2n) is 5.61. The Hall–Kier alpha value is -1.57. The summed E-state index contributed by atoms with van der Waals surface area (Å²) in [6.45, 7) is 8.27. The van der Waals surface area contributed by atoms with Gasteiger partial charge in [-0.1, -0.05) is 41.0 Å². The molecule has 0 saturated heterocycles. The molecule has 0 spiro atoms. The maximum atomic E-state index is 10.5. The molecule has 2 heteroatoms. The third-order valence-electron chi connectivity index (χ3n) is 3.37. The van der Waals surface area contributed by atoms with E-state index < -0.39 is 5.97 Å². The quantitative estimate of drug-likeness (QED) is 0.406. The topological polar surface area (TPSA) is 37.3 Å². The van der Waals surface area contributed by atoms with Gasteiger partial charge in [-0.25, -0.2) is 4.79 Å². The predicted octanol–water partition coefficient (Wildman–Crippen LogP) is 5.83. The minimum atomic E-state index is -0.855. The molecule has 0 bridgehead atoms. The van der Waals surface area contributed by atoms with Crippen molar-refractivity contribution in [3.05, 3.63) is 47.1 Å². The van der Waals surface area contributed by atoms with Crippen LogP contribution in [0, 0.1) is 0 Å². The number of rotatable bonds is 10. The highest BCUT2D eigenvalue weighted by molar-refractivity contribution is 5.80. The molecule has 21 heavy (non-hydrogen) atoms. The van der Waals surface area contributed by atoms with Gasteiger partial charge in [-0.05, 0) is 66.2 Å². The van der Waals surface area contributed by atoms with Gasteiger partial charge >= 0.3 is 5.97 Å². The molecule has 2 nitrogen and oxygen atoms in total.